The maximum Gasteiger partial charge on any atom is 0.251 e. The van der Waals surface area contributed by atoms with Gasteiger partial charge in [-0.2, -0.15) is 0 Å². The number of ether oxygens (including phenoxy) is 1. The Morgan fingerprint density at radius 2 is 2.12 bits per heavy atom. The molecule has 1 aromatic carbocycles. The molecule has 1 aromatic rings. The molecule has 5 nitrogen and oxygen atoms in total. The number of carbonyl (C=O) groups is 1. The van der Waals surface area contributed by atoms with Gasteiger partial charge in [-0.25, -0.2) is 0 Å². The zero-order valence-corrected chi connectivity index (χ0v) is 14.6. The maximum absolute atomic E-state index is 12.6. The van der Waals surface area contributed by atoms with Crippen LogP contribution in [-0.4, -0.2) is 62.8 Å². The van der Waals surface area contributed by atoms with E-state index in [9.17, 15) is 4.79 Å². The number of anilines is 1. The molecule has 0 aromatic heterocycles. The lowest BCUT2D eigenvalue weighted by Crippen LogP contribution is -2.47. The van der Waals surface area contributed by atoms with Crippen molar-refractivity contribution in [2.45, 2.75) is 37.5 Å². The highest BCUT2D eigenvalue weighted by molar-refractivity contribution is 5.95. The fourth-order valence-electron chi connectivity index (χ4n) is 3.95. The summed E-state index contributed by atoms with van der Waals surface area (Å²) < 4.78 is 6.04. The van der Waals surface area contributed by atoms with E-state index in [1.54, 1.807) is 0 Å². The Balaban J connectivity index is 1.36. The van der Waals surface area contributed by atoms with Crippen molar-refractivity contribution in [3.8, 4) is 0 Å². The highest BCUT2D eigenvalue weighted by atomic mass is 16.5. The molecule has 0 radical (unpaired) electrons. The topological polar surface area (TPSA) is 44.8 Å². The molecule has 3 atom stereocenters. The quantitative estimate of drug-likeness (QED) is 0.914. The van der Waals surface area contributed by atoms with Gasteiger partial charge < -0.3 is 15.0 Å². The molecule has 3 aliphatic rings. The molecule has 1 N–H and O–H groups in total. The third-order valence-electron chi connectivity index (χ3n) is 5.55. The molecule has 1 amide bonds. The Hall–Kier alpha value is -1.59. The van der Waals surface area contributed by atoms with Crippen LogP contribution in [0.5, 0.6) is 0 Å². The molecule has 5 heteroatoms. The number of carbonyl (C=O) groups excluding carboxylic acids is 1. The summed E-state index contributed by atoms with van der Waals surface area (Å²) in [7, 11) is 3.98. The number of amides is 1. The molecule has 2 aliphatic heterocycles. The van der Waals surface area contributed by atoms with Gasteiger partial charge in [-0.3, -0.25) is 9.69 Å². The maximum atomic E-state index is 12.6. The molecule has 2 heterocycles. The number of fused-ring (bicyclic) bond motifs is 1. The van der Waals surface area contributed by atoms with Gasteiger partial charge in [-0.1, -0.05) is 6.07 Å². The molecule has 0 spiro atoms. The summed E-state index contributed by atoms with van der Waals surface area (Å²) in [4.78, 5) is 17.1. The van der Waals surface area contributed by atoms with Crippen molar-refractivity contribution < 1.29 is 9.53 Å². The molecule has 2 saturated heterocycles. The molecular weight excluding hydrogens is 302 g/mol. The zero-order chi connectivity index (χ0) is 16.7. The van der Waals surface area contributed by atoms with Crippen LogP contribution in [0, 0.1) is 5.92 Å². The van der Waals surface area contributed by atoms with E-state index >= 15 is 0 Å². The second-order valence-electron chi connectivity index (χ2n) is 7.67. The summed E-state index contributed by atoms with van der Waals surface area (Å²) in [5.74, 6) is 0.816. The first kappa shape index (κ1) is 15.9. The number of hydrogen-bond acceptors (Lipinski definition) is 4. The van der Waals surface area contributed by atoms with E-state index in [0.29, 0.717) is 12.1 Å². The summed E-state index contributed by atoms with van der Waals surface area (Å²) in [5, 5.41) is 3.22. The molecule has 1 saturated carbocycles. The Bertz CT molecular complexity index is 614. The standard InChI is InChI=1S/C19H27N3O2/c1-21(2)16-5-3-4-14(8-16)19(23)20-15-9-17-12-24-18(13-6-7-13)11-22(17)10-15/h3-5,8,13,15,17-18H,6-7,9-12H2,1-2H3,(H,20,23)/t15-,17+,18-/m1/s1. The van der Waals surface area contributed by atoms with E-state index in [0.717, 1.165) is 43.3 Å². The fourth-order valence-corrected chi connectivity index (χ4v) is 3.95. The van der Waals surface area contributed by atoms with Crippen LogP contribution in [0.2, 0.25) is 0 Å². The first-order valence-corrected chi connectivity index (χ1v) is 9.04. The predicted octanol–water partition coefficient (Wildman–Crippen LogP) is 1.73. The first-order chi connectivity index (χ1) is 11.6. The molecule has 1 aliphatic carbocycles. The highest BCUT2D eigenvalue weighted by Gasteiger charge is 2.42. The minimum atomic E-state index is 0.0307. The SMILES string of the molecule is CN(C)c1cccc(C(=O)N[C@@H]2C[C@H]3CO[C@@H](C4CC4)CN3C2)c1. The lowest BCUT2D eigenvalue weighted by atomic mass is 10.1. The summed E-state index contributed by atoms with van der Waals surface area (Å²) in [6.45, 7) is 2.82. The van der Waals surface area contributed by atoms with Crippen molar-refractivity contribution in [2.75, 3.05) is 38.7 Å². The summed E-state index contributed by atoms with van der Waals surface area (Å²) in [5.41, 5.74) is 1.78. The number of hydrogen-bond donors (Lipinski definition) is 1. The summed E-state index contributed by atoms with van der Waals surface area (Å²) in [6.07, 6.45) is 4.07. The third-order valence-corrected chi connectivity index (χ3v) is 5.55. The minimum absolute atomic E-state index is 0.0307. The van der Waals surface area contributed by atoms with Gasteiger partial charge in [0.25, 0.3) is 5.91 Å². The van der Waals surface area contributed by atoms with E-state index in [1.807, 2.05) is 43.3 Å². The van der Waals surface area contributed by atoms with Gasteiger partial charge in [0.2, 0.25) is 0 Å². The van der Waals surface area contributed by atoms with Crippen LogP contribution in [0.4, 0.5) is 5.69 Å². The third kappa shape index (κ3) is 3.28. The second-order valence-corrected chi connectivity index (χ2v) is 7.67. The lowest BCUT2D eigenvalue weighted by molar-refractivity contribution is -0.0581. The van der Waals surface area contributed by atoms with Gasteiger partial charge in [0.1, 0.15) is 0 Å². The van der Waals surface area contributed by atoms with E-state index < -0.39 is 0 Å². The Morgan fingerprint density at radius 1 is 1.29 bits per heavy atom. The summed E-state index contributed by atoms with van der Waals surface area (Å²) in [6, 6.07) is 8.49. The monoisotopic (exact) mass is 329 g/mol. The molecular formula is C19H27N3O2. The largest absolute Gasteiger partial charge is 0.378 e. The molecule has 24 heavy (non-hydrogen) atoms. The van der Waals surface area contributed by atoms with Crippen LogP contribution in [0.15, 0.2) is 24.3 Å². The van der Waals surface area contributed by atoms with Gasteiger partial charge in [-0.05, 0) is 43.4 Å². The normalized spacial score (nSPS) is 30.0. The Morgan fingerprint density at radius 3 is 2.88 bits per heavy atom. The predicted molar refractivity (Wildman–Crippen MR) is 94.5 cm³/mol. The van der Waals surface area contributed by atoms with Crippen LogP contribution in [-0.2, 0) is 4.74 Å². The molecule has 0 bridgehead atoms. The molecule has 0 unspecified atom stereocenters. The van der Waals surface area contributed by atoms with Crippen molar-refractivity contribution in [2.24, 2.45) is 5.92 Å². The van der Waals surface area contributed by atoms with E-state index in [4.69, 9.17) is 4.74 Å². The highest BCUT2D eigenvalue weighted by Crippen LogP contribution is 2.37. The van der Waals surface area contributed by atoms with Crippen LogP contribution in [0.1, 0.15) is 29.6 Å². The van der Waals surface area contributed by atoms with Crippen molar-refractivity contribution in [3.63, 3.8) is 0 Å². The van der Waals surface area contributed by atoms with Gasteiger partial charge in [0.15, 0.2) is 0 Å². The van der Waals surface area contributed by atoms with E-state index in [2.05, 4.69) is 10.2 Å². The average Bonchev–Trinajstić information content (AvgIpc) is 3.35. The molecule has 3 fully saturated rings. The van der Waals surface area contributed by atoms with Gasteiger partial charge in [0.05, 0.1) is 12.7 Å². The molecule has 4 rings (SSSR count). The summed E-state index contributed by atoms with van der Waals surface area (Å²) >= 11 is 0. The first-order valence-electron chi connectivity index (χ1n) is 9.04. The fraction of sp³-hybridized carbons (Fsp3) is 0.632. The zero-order valence-electron chi connectivity index (χ0n) is 14.6. The van der Waals surface area contributed by atoms with E-state index in [1.165, 1.54) is 12.8 Å². The second kappa shape index (κ2) is 6.37. The van der Waals surface area contributed by atoms with Crippen LogP contribution >= 0.6 is 0 Å². The number of nitrogens with zero attached hydrogens (tertiary/aromatic N) is 2. The lowest BCUT2D eigenvalue weighted by Gasteiger charge is -2.35. The van der Waals surface area contributed by atoms with Crippen molar-refractivity contribution in [1.82, 2.24) is 10.2 Å². The van der Waals surface area contributed by atoms with E-state index in [-0.39, 0.29) is 11.9 Å². The van der Waals surface area contributed by atoms with Crippen LogP contribution < -0.4 is 10.2 Å². The van der Waals surface area contributed by atoms with Gasteiger partial charge in [-0.15, -0.1) is 0 Å². The minimum Gasteiger partial charge on any atom is -0.378 e. The van der Waals surface area contributed by atoms with Gasteiger partial charge in [0, 0.05) is 50.5 Å². The smallest absolute Gasteiger partial charge is 0.251 e. The number of rotatable bonds is 4. The molecule has 130 valence electrons. The van der Waals surface area contributed by atoms with Crippen molar-refractivity contribution in [3.05, 3.63) is 29.8 Å². The number of benzene rings is 1. The van der Waals surface area contributed by atoms with Crippen molar-refractivity contribution >= 4 is 11.6 Å². The van der Waals surface area contributed by atoms with Crippen LogP contribution in [0.25, 0.3) is 0 Å². The Kier molecular flexibility index (Phi) is 4.22. The van der Waals surface area contributed by atoms with Gasteiger partial charge >= 0.3 is 0 Å². The van der Waals surface area contributed by atoms with Crippen molar-refractivity contribution in [1.29, 1.82) is 0 Å². The van der Waals surface area contributed by atoms with Crippen LogP contribution in [0.3, 0.4) is 0 Å². The number of nitrogens with one attached hydrogen (secondary N) is 1. The number of morpholine rings is 1. The average molecular weight is 329 g/mol. The Labute approximate surface area is 144 Å².